The number of rotatable bonds is 7. The first-order valence-corrected chi connectivity index (χ1v) is 11.6. The highest BCUT2D eigenvalue weighted by Crippen LogP contribution is 2.27. The number of carbonyl (C=O) groups is 3. The van der Waals surface area contributed by atoms with Gasteiger partial charge in [0.25, 0.3) is 0 Å². The predicted octanol–water partition coefficient (Wildman–Crippen LogP) is 1.28. The van der Waals surface area contributed by atoms with Crippen LogP contribution in [-0.4, -0.2) is 62.1 Å². The van der Waals surface area contributed by atoms with Crippen molar-refractivity contribution in [1.82, 2.24) is 10.2 Å². The third-order valence-corrected chi connectivity index (χ3v) is 7.07. The fourth-order valence-electron chi connectivity index (χ4n) is 3.49. The Labute approximate surface area is 186 Å². The average Bonchev–Trinajstić information content (AvgIpc) is 3.07. The smallest absolute Gasteiger partial charge is 0.407 e. The summed E-state index contributed by atoms with van der Waals surface area (Å²) in [6.07, 6.45) is -0.820. The summed E-state index contributed by atoms with van der Waals surface area (Å²) in [7, 11) is -2.68. The van der Waals surface area contributed by atoms with Gasteiger partial charge in [-0.1, -0.05) is 60.7 Å². The number of nitrogens with zero attached hydrogens (tertiary/aromatic N) is 1. The molecular formula is C22H24N2O7S. The fourth-order valence-corrected chi connectivity index (χ4v) is 5.51. The summed E-state index contributed by atoms with van der Waals surface area (Å²) in [4.78, 5) is 38.1. The molecule has 2 aromatic carbocycles. The molecule has 1 fully saturated rings. The lowest BCUT2D eigenvalue weighted by Crippen LogP contribution is -2.51. The zero-order valence-corrected chi connectivity index (χ0v) is 18.3. The van der Waals surface area contributed by atoms with Crippen LogP contribution in [0.5, 0.6) is 0 Å². The molecule has 0 radical (unpaired) electrons. The summed E-state index contributed by atoms with van der Waals surface area (Å²) in [6.45, 7) is -0.512. The van der Waals surface area contributed by atoms with Gasteiger partial charge in [0.1, 0.15) is 24.6 Å². The largest absolute Gasteiger partial charge is 0.467 e. The van der Waals surface area contributed by atoms with Crippen molar-refractivity contribution in [1.29, 1.82) is 0 Å². The molecule has 1 heterocycles. The molecule has 3 rings (SSSR count). The van der Waals surface area contributed by atoms with E-state index in [-0.39, 0.29) is 13.0 Å². The molecule has 9 nitrogen and oxygen atoms in total. The van der Waals surface area contributed by atoms with E-state index in [4.69, 9.17) is 9.47 Å². The molecule has 0 aromatic heterocycles. The van der Waals surface area contributed by atoms with Crippen molar-refractivity contribution in [2.45, 2.75) is 24.4 Å². The van der Waals surface area contributed by atoms with Gasteiger partial charge in [-0.2, -0.15) is 0 Å². The average molecular weight is 461 g/mol. The summed E-state index contributed by atoms with van der Waals surface area (Å²) in [5.41, 5.74) is 1.47. The lowest BCUT2D eigenvalue weighted by molar-refractivity contribution is -0.151. The van der Waals surface area contributed by atoms with Crippen molar-refractivity contribution in [2.75, 3.05) is 19.4 Å². The van der Waals surface area contributed by atoms with E-state index in [1.54, 1.807) is 54.6 Å². The number of carbonyl (C=O) groups excluding carboxylic acids is 3. The highest BCUT2D eigenvalue weighted by atomic mass is 32.2. The first kappa shape index (κ1) is 23.3. The summed E-state index contributed by atoms with van der Waals surface area (Å²) in [5.74, 6) is -2.09. The van der Waals surface area contributed by atoms with Crippen molar-refractivity contribution >= 4 is 27.8 Å². The van der Waals surface area contributed by atoms with E-state index >= 15 is 0 Å². The number of sulfone groups is 1. The Balaban J connectivity index is 1.70. The first-order valence-electron chi connectivity index (χ1n) is 9.91. The van der Waals surface area contributed by atoms with E-state index in [2.05, 4.69) is 5.32 Å². The van der Waals surface area contributed by atoms with Gasteiger partial charge in [0.05, 0.1) is 12.9 Å². The van der Waals surface area contributed by atoms with Gasteiger partial charge in [-0.05, 0) is 11.1 Å². The number of methoxy groups -OCH3 is 1. The lowest BCUT2D eigenvalue weighted by Gasteiger charge is -2.27. The van der Waals surface area contributed by atoms with Gasteiger partial charge < -0.3 is 19.7 Å². The first-order chi connectivity index (χ1) is 15.3. The van der Waals surface area contributed by atoms with Crippen molar-refractivity contribution < 1.29 is 32.3 Å². The molecule has 1 N–H and O–H groups in total. The van der Waals surface area contributed by atoms with Gasteiger partial charge in [0.15, 0.2) is 9.84 Å². The normalized spacial score (nSPS) is 19.2. The van der Waals surface area contributed by atoms with Crippen LogP contribution in [0.1, 0.15) is 11.1 Å². The Morgan fingerprint density at radius 1 is 1.00 bits per heavy atom. The van der Waals surface area contributed by atoms with Crippen LogP contribution in [0.2, 0.25) is 0 Å². The number of hydrogen-bond donors (Lipinski definition) is 1. The number of alkyl carbamates (subject to hydrolysis) is 1. The maximum absolute atomic E-state index is 12.9. The highest BCUT2D eigenvalue weighted by Gasteiger charge is 2.50. The molecule has 2 aromatic rings. The van der Waals surface area contributed by atoms with Gasteiger partial charge in [-0.25, -0.2) is 18.0 Å². The van der Waals surface area contributed by atoms with E-state index < -0.39 is 51.5 Å². The lowest BCUT2D eigenvalue weighted by atomic mass is 10.1. The number of benzene rings is 2. The second-order valence-corrected chi connectivity index (χ2v) is 9.43. The second kappa shape index (κ2) is 10.3. The van der Waals surface area contributed by atoms with Crippen LogP contribution in [0.4, 0.5) is 4.79 Å². The molecule has 0 spiro atoms. The zero-order chi connectivity index (χ0) is 23.1. The number of amides is 2. The minimum atomic E-state index is -3.81. The van der Waals surface area contributed by atoms with Gasteiger partial charge in [-0.3, -0.25) is 4.79 Å². The molecule has 170 valence electrons. The molecule has 2 atom stereocenters. The zero-order valence-electron chi connectivity index (χ0n) is 17.5. The molecule has 10 heteroatoms. The number of ether oxygens (including phenoxy) is 2. The third-order valence-electron chi connectivity index (χ3n) is 5.06. The molecule has 0 saturated carbocycles. The van der Waals surface area contributed by atoms with Gasteiger partial charge in [0.2, 0.25) is 5.91 Å². The van der Waals surface area contributed by atoms with Crippen molar-refractivity contribution in [3.05, 3.63) is 71.8 Å². The monoisotopic (exact) mass is 460 g/mol. The predicted molar refractivity (Wildman–Crippen MR) is 115 cm³/mol. The number of esters is 1. The molecule has 0 bridgehead atoms. The van der Waals surface area contributed by atoms with Crippen LogP contribution in [0.25, 0.3) is 0 Å². The van der Waals surface area contributed by atoms with Crippen molar-refractivity contribution in [2.24, 2.45) is 0 Å². The molecule has 1 aliphatic rings. The minimum Gasteiger partial charge on any atom is -0.467 e. The highest BCUT2D eigenvalue weighted by molar-refractivity contribution is 7.92. The second-order valence-electron chi connectivity index (χ2n) is 7.23. The molecular weight excluding hydrogens is 436 g/mol. The fraction of sp³-hybridized carbons (Fsp3) is 0.318. The van der Waals surface area contributed by atoms with Crippen LogP contribution in [0.15, 0.2) is 60.7 Å². The van der Waals surface area contributed by atoms with E-state index in [9.17, 15) is 22.8 Å². The molecule has 2 amide bonds. The summed E-state index contributed by atoms with van der Waals surface area (Å²) >= 11 is 0. The van der Waals surface area contributed by atoms with Crippen LogP contribution < -0.4 is 5.32 Å². The van der Waals surface area contributed by atoms with Crippen molar-refractivity contribution in [3.63, 3.8) is 0 Å². The third kappa shape index (κ3) is 5.64. The van der Waals surface area contributed by atoms with E-state index in [0.29, 0.717) is 5.56 Å². The van der Waals surface area contributed by atoms with Crippen LogP contribution >= 0.6 is 0 Å². The van der Waals surface area contributed by atoms with E-state index in [0.717, 1.165) is 17.6 Å². The maximum Gasteiger partial charge on any atom is 0.407 e. The van der Waals surface area contributed by atoms with Gasteiger partial charge in [0, 0.05) is 6.42 Å². The quantitative estimate of drug-likeness (QED) is 0.618. The Bertz CT molecular complexity index is 1060. The van der Waals surface area contributed by atoms with Crippen LogP contribution in [-0.2, 0) is 41.9 Å². The van der Waals surface area contributed by atoms with Crippen LogP contribution in [0.3, 0.4) is 0 Å². The molecule has 1 saturated heterocycles. The summed E-state index contributed by atoms with van der Waals surface area (Å²) < 4.78 is 35.4. The minimum absolute atomic E-state index is 0.0143. The standard InChI is InChI=1S/C22H24N2O7S/c1-30-21(26)18-15-32(28,29)20(12-16-8-4-2-5-9-16)24(18)19(25)13-23-22(27)31-14-17-10-6-3-7-11-17/h2-11,18,20H,12-15H2,1H3,(H,23,27)/t18-,20+/m0/s1. The van der Waals surface area contributed by atoms with E-state index in [1.807, 2.05) is 6.07 Å². The molecule has 1 aliphatic heterocycles. The Hall–Kier alpha value is -3.40. The molecule has 0 aliphatic carbocycles. The SMILES string of the molecule is COC(=O)[C@@H]1CS(=O)(=O)[C@H](Cc2ccccc2)N1C(=O)CNC(=O)OCc1ccccc1. The topological polar surface area (TPSA) is 119 Å². The van der Waals surface area contributed by atoms with E-state index in [1.165, 1.54) is 0 Å². The van der Waals surface area contributed by atoms with Gasteiger partial charge >= 0.3 is 12.1 Å². The number of hydrogen-bond acceptors (Lipinski definition) is 7. The number of nitrogens with one attached hydrogen (secondary N) is 1. The summed E-state index contributed by atoms with van der Waals surface area (Å²) in [6, 6.07) is 16.5. The Morgan fingerprint density at radius 3 is 2.19 bits per heavy atom. The van der Waals surface area contributed by atoms with Gasteiger partial charge in [-0.15, -0.1) is 0 Å². The maximum atomic E-state index is 12.9. The Morgan fingerprint density at radius 2 is 1.59 bits per heavy atom. The Kier molecular flexibility index (Phi) is 7.47. The summed E-state index contributed by atoms with van der Waals surface area (Å²) in [5, 5.41) is 1.07. The molecule has 32 heavy (non-hydrogen) atoms. The van der Waals surface area contributed by atoms with Crippen molar-refractivity contribution in [3.8, 4) is 0 Å². The van der Waals surface area contributed by atoms with Crippen LogP contribution in [0, 0.1) is 0 Å². The molecule has 0 unspecified atom stereocenters.